The molecule has 0 aromatic heterocycles. The molecule has 0 spiro atoms. The lowest BCUT2D eigenvalue weighted by molar-refractivity contribution is -0.114. The Hall–Kier alpha value is -1.88. The van der Waals surface area contributed by atoms with Crippen LogP contribution in [0.2, 0.25) is 0 Å². The molecule has 104 valence electrons. The van der Waals surface area contributed by atoms with Gasteiger partial charge in [-0.05, 0) is 38.0 Å². The van der Waals surface area contributed by atoms with Crippen molar-refractivity contribution < 1.29 is 14.7 Å². The molecule has 0 fully saturated rings. The number of aliphatic hydroxyl groups is 1. The van der Waals surface area contributed by atoms with Gasteiger partial charge in [0.05, 0.1) is 6.10 Å². The first kappa shape index (κ1) is 15.2. The average molecular weight is 264 g/mol. The number of carbonyl (C=O) groups is 2. The van der Waals surface area contributed by atoms with Crippen LogP contribution >= 0.6 is 0 Å². The quantitative estimate of drug-likeness (QED) is 0.753. The average Bonchev–Trinajstić information content (AvgIpc) is 2.30. The number of rotatable bonds is 5. The number of anilines is 1. The first-order valence-corrected chi connectivity index (χ1v) is 6.24. The third-order valence-corrected chi connectivity index (χ3v) is 2.66. The zero-order chi connectivity index (χ0) is 14.4. The number of hydrogen-bond acceptors (Lipinski definition) is 3. The predicted octanol–water partition coefficient (Wildman–Crippen LogP) is 1.45. The maximum absolute atomic E-state index is 11.9. The molecule has 1 rings (SSSR count). The Labute approximate surface area is 113 Å². The van der Waals surface area contributed by atoms with Gasteiger partial charge in [-0.3, -0.25) is 9.59 Å². The highest BCUT2D eigenvalue weighted by molar-refractivity contribution is 5.97. The largest absolute Gasteiger partial charge is 0.393 e. The van der Waals surface area contributed by atoms with Crippen LogP contribution in [0.25, 0.3) is 0 Å². The Morgan fingerprint density at radius 1 is 1.37 bits per heavy atom. The molecule has 1 atom stereocenters. The Morgan fingerprint density at radius 2 is 2.05 bits per heavy atom. The first-order chi connectivity index (χ1) is 8.90. The van der Waals surface area contributed by atoms with Crippen LogP contribution in [0.5, 0.6) is 0 Å². The van der Waals surface area contributed by atoms with Crippen LogP contribution in [-0.2, 0) is 4.79 Å². The van der Waals surface area contributed by atoms with Gasteiger partial charge >= 0.3 is 0 Å². The molecule has 0 radical (unpaired) electrons. The predicted molar refractivity (Wildman–Crippen MR) is 74.1 cm³/mol. The molecule has 0 saturated heterocycles. The topological polar surface area (TPSA) is 78.4 Å². The third-order valence-electron chi connectivity index (χ3n) is 2.66. The molecular formula is C14H20N2O3. The van der Waals surface area contributed by atoms with Crippen molar-refractivity contribution in [1.29, 1.82) is 0 Å². The van der Waals surface area contributed by atoms with E-state index < -0.39 is 6.10 Å². The zero-order valence-corrected chi connectivity index (χ0v) is 11.5. The van der Waals surface area contributed by atoms with Crippen molar-refractivity contribution in [2.75, 3.05) is 11.9 Å². The molecule has 1 aromatic carbocycles. The molecule has 5 heteroatoms. The molecule has 0 saturated carbocycles. The maximum atomic E-state index is 11.9. The number of benzene rings is 1. The minimum Gasteiger partial charge on any atom is -0.393 e. The Morgan fingerprint density at radius 3 is 2.63 bits per heavy atom. The molecule has 19 heavy (non-hydrogen) atoms. The molecule has 1 unspecified atom stereocenters. The van der Waals surface area contributed by atoms with Gasteiger partial charge in [0.2, 0.25) is 5.91 Å². The molecule has 0 heterocycles. The normalized spacial score (nSPS) is 11.8. The lowest BCUT2D eigenvalue weighted by Crippen LogP contribution is -2.26. The smallest absolute Gasteiger partial charge is 0.251 e. The standard InChI is InChI=1S/C14H20N2O3/c1-9-4-5-12(8-13(9)16-11(3)18)14(19)15-7-6-10(2)17/h4-5,8,10,17H,6-7H2,1-3H3,(H,15,19)(H,16,18). The van der Waals surface area contributed by atoms with Crippen molar-refractivity contribution in [2.24, 2.45) is 0 Å². The highest BCUT2D eigenvalue weighted by Crippen LogP contribution is 2.16. The summed E-state index contributed by atoms with van der Waals surface area (Å²) in [6.07, 6.45) is 0.0733. The van der Waals surface area contributed by atoms with Crippen LogP contribution in [-0.4, -0.2) is 29.6 Å². The molecule has 3 N–H and O–H groups in total. The van der Waals surface area contributed by atoms with Gasteiger partial charge in [0.1, 0.15) is 0 Å². The van der Waals surface area contributed by atoms with Crippen LogP contribution in [0.4, 0.5) is 5.69 Å². The maximum Gasteiger partial charge on any atom is 0.251 e. The number of amides is 2. The number of aliphatic hydroxyl groups excluding tert-OH is 1. The second-order valence-electron chi connectivity index (χ2n) is 4.60. The van der Waals surface area contributed by atoms with Crippen LogP contribution in [0, 0.1) is 6.92 Å². The van der Waals surface area contributed by atoms with E-state index in [1.54, 1.807) is 25.1 Å². The molecule has 0 aliphatic carbocycles. The van der Waals surface area contributed by atoms with Crippen LogP contribution in [0.15, 0.2) is 18.2 Å². The lowest BCUT2D eigenvalue weighted by atomic mass is 10.1. The van der Waals surface area contributed by atoms with E-state index in [-0.39, 0.29) is 11.8 Å². The summed E-state index contributed by atoms with van der Waals surface area (Å²) in [6, 6.07) is 5.14. The van der Waals surface area contributed by atoms with Crippen molar-refractivity contribution in [1.82, 2.24) is 5.32 Å². The Balaban J connectivity index is 2.72. The van der Waals surface area contributed by atoms with Crippen molar-refractivity contribution in [3.05, 3.63) is 29.3 Å². The first-order valence-electron chi connectivity index (χ1n) is 6.24. The van der Waals surface area contributed by atoms with Crippen molar-refractivity contribution in [3.63, 3.8) is 0 Å². The summed E-state index contributed by atoms with van der Waals surface area (Å²) in [5.74, 6) is -0.387. The van der Waals surface area contributed by atoms with Gasteiger partial charge in [-0.2, -0.15) is 0 Å². The van der Waals surface area contributed by atoms with Crippen LogP contribution in [0.3, 0.4) is 0 Å². The van der Waals surface area contributed by atoms with Crippen molar-refractivity contribution >= 4 is 17.5 Å². The lowest BCUT2D eigenvalue weighted by Gasteiger charge is -2.10. The molecule has 2 amide bonds. The fourth-order valence-corrected chi connectivity index (χ4v) is 1.58. The number of carbonyl (C=O) groups excluding carboxylic acids is 2. The molecule has 1 aromatic rings. The Kier molecular flexibility index (Phi) is 5.51. The van der Waals surface area contributed by atoms with E-state index in [2.05, 4.69) is 10.6 Å². The summed E-state index contributed by atoms with van der Waals surface area (Å²) in [6.45, 7) is 5.38. The summed E-state index contributed by atoms with van der Waals surface area (Å²) < 4.78 is 0. The molecule has 5 nitrogen and oxygen atoms in total. The molecule has 0 aliphatic rings. The summed E-state index contributed by atoms with van der Waals surface area (Å²) in [5, 5.41) is 14.5. The summed E-state index contributed by atoms with van der Waals surface area (Å²) in [4.78, 5) is 22.9. The minimum absolute atomic E-state index is 0.172. The second-order valence-corrected chi connectivity index (χ2v) is 4.60. The van der Waals surface area contributed by atoms with E-state index in [0.717, 1.165) is 5.56 Å². The van der Waals surface area contributed by atoms with E-state index in [1.165, 1.54) is 6.92 Å². The monoisotopic (exact) mass is 264 g/mol. The van der Waals surface area contributed by atoms with Gasteiger partial charge in [0.25, 0.3) is 5.91 Å². The Bertz CT molecular complexity index is 470. The van der Waals surface area contributed by atoms with Gasteiger partial charge in [0, 0.05) is 24.7 Å². The fraction of sp³-hybridized carbons (Fsp3) is 0.429. The summed E-state index contributed by atoms with van der Waals surface area (Å²) in [7, 11) is 0. The number of hydrogen-bond donors (Lipinski definition) is 3. The summed E-state index contributed by atoms with van der Waals surface area (Å²) in [5.41, 5.74) is 2.02. The van der Waals surface area contributed by atoms with E-state index in [4.69, 9.17) is 5.11 Å². The SMILES string of the molecule is CC(=O)Nc1cc(C(=O)NCCC(C)O)ccc1C. The zero-order valence-electron chi connectivity index (χ0n) is 11.5. The molecule has 0 aliphatic heterocycles. The van der Waals surface area contributed by atoms with Crippen molar-refractivity contribution in [3.8, 4) is 0 Å². The van der Waals surface area contributed by atoms with Gasteiger partial charge in [-0.1, -0.05) is 6.07 Å². The molecular weight excluding hydrogens is 244 g/mol. The van der Waals surface area contributed by atoms with Crippen molar-refractivity contribution in [2.45, 2.75) is 33.3 Å². The second kappa shape index (κ2) is 6.89. The van der Waals surface area contributed by atoms with Gasteiger partial charge in [-0.25, -0.2) is 0 Å². The van der Waals surface area contributed by atoms with E-state index >= 15 is 0 Å². The molecule has 0 bridgehead atoms. The summed E-state index contributed by atoms with van der Waals surface area (Å²) >= 11 is 0. The van der Waals surface area contributed by atoms with Crippen LogP contribution in [0.1, 0.15) is 36.2 Å². The minimum atomic E-state index is -0.437. The van der Waals surface area contributed by atoms with Gasteiger partial charge in [0.15, 0.2) is 0 Å². The van der Waals surface area contributed by atoms with E-state index in [9.17, 15) is 9.59 Å². The van der Waals surface area contributed by atoms with Gasteiger partial charge < -0.3 is 15.7 Å². The number of nitrogens with one attached hydrogen (secondary N) is 2. The van der Waals surface area contributed by atoms with E-state index in [0.29, 0.717) is 24.2 Å². The van der Waals surface area contributed by atoms with Gasteiger partial charge in [-0.15, -0.1) is 0 Å². The number of aryl methyl sites for hydroxylation is 1. The van der Waals surface area contributed by atoms with E-state index in [1.807, 2.05) is 6.92 Å². The highest BCUT2D eigenvalue weighted by Gasteiger charge is 2.08. The third kappa shape index (κ3) is 5.09. The highest BCUT2D eigenvalue weighted by atomic mass is 16.3. The fourth-order valence-electron chi connectivity index (χ4n) is 1.58. The van der Waals surface area contributed by atoms with Crippen LogP contribution < -0.4 is 10.6 Å².